The van der Waals surface area contributed by atoms with Crippen LogP contribution in [0.4, 0.5) is 10.5 Å². The van der Waals surface area contributed by atoms with Crippen LogP contribution in [0.5, 0.6) is 0 Å². The SMILES string of the molecule is O=CC(c1cccnc1)n1cncc(NC(=O)OCc2ccccc2)c1=O. The van der Waals surface area contributed by atoms with Gasteiger partial charge in [0.2, 0.25) is 0 Å². The molecule has 1 unspecified atom stereocenters. The maximum absolute atomic E-state index is 12.6. The largest absolute Gasteiger partial charge is 0.444 e. The van der Waals surface area contributed by atoms with Crippen LogP contribution in [0.3, 0.4) is 0 Å². The molecule has 0 aliphatic rings. The van der Waals surface area contributed by atoms with Crippen molar-refractivity contribution in [3.63, 3.8) is 0 Å². The molecule has 2 aromatic heterocycles. The van der Waals surface area contributed by atoms with Gasteiger partial charge in [-0.25, -0.2) is 9.78 Å². The number of benzene rings is 1. The normalized spacial score (nSPS) is 11.4. The number of hydrogen-bond donors (Lipinski definition) is 1. The molecule has 0 radical (unpaired) electrons. The van der Waals surface area contributed by atoms with E-state index in [1.54, 1.807) is 18.3 Å². The molecule has 8 heteroatoms. The van der Waals surface area contributed by atoms with Crippen molar-refractivity contribution < 1.29 is 14.3 Å². The molecule has 0 fully saturated rings. The Balaban J connectivity index is 1.75. The molecule has 1 N–H and O–H groups in total. The summed E-state index contributed by atoms with van der Waals surface area (Å²) in [6, 6.07) is 11.6. The van der Waals surface area contributed by atoms with Gasteiger partial charge in [0, 0.05) is 18.0 Å². The van der Waals surface area contributed by atoms with Crippen LogP contribution in [0.25, 0.3) is 0 Å². The van der Waals surface area contributed by atoms with Gasteiger partial charge in [-0.2, -0.15) is 0 Å². The highest BCUT2D eigenvalue weighted by Gasteiger charge is 2.17. The summed E-state index contributed by atoms with van der Waals surface area (Å²) in [5.74, 6) is 0. The first kappa shape index (κ1) is 18.0. The molecule has 136 valence electrons. The lowest BCUT2D eigenvalue weighted by Crippen LogP contribution is -2.30. The fourth-order valence-corrected chi connectivity index (χ4v) is 2.44. The van der Waals surface area contributed by atoms with E-state index in [-0.39, 0.29) is 12.3 Å². The second-order valence-corrected chi connectivity index (χ2v) is 5.57. The van der Waals surface area contributed by atoms with E-state index in [9.17, 15) is 14.4 Å². The Bertz CT molecular complexity index is 974. The Morgan fingerprint density at radius 1 is 1.15 bits per heavy atom. The van der Waals surface area contributed by atoms with Crippen molar-refractivity contribution in [3.8, 4) is 0 Å². The number of amides is 1. The number of aromatic nitrogens is 3. The van der Waals surface area contributed by atoms with E-state index in [0.717, 1.165) is 10.1 Å². The lowest BCUT2D eigenvalue weighted by molar-refractivity contribution is -0.109. The lowest BCUT2D eigenvalue weighted by atomic mass is 10.1. The number of nitrogens with one attached hydrogen (secondary N) is 1. The zero-order chi connectivity index (χ0) is 19.1. The van der Waals surface area contributed by atoms with Crippen molar-refractivity contribution in [2.75, 3.05) is 5.32 Å². The lowest BCUT2D eigenvalue weighted by Gasteiger charge is -2.14. The number of ether oxygens (including phenoxy) is 1. The van der Waals surface area contributed by atoms with Gasteiger partial charge in [0.05, 0.1) is 12.5 Å². The average molecular weight is 364 g/mol. The third-order valence-electron chi connectivity index (χ3n) is 3.76. The number of hydrogen-bond acceptors (Lipinski definition) is 6. The monoisotopic (exact) mass is 364 g/mol. The first-order valence-corrected chi connectivity index (χ1v) is 8.08. The number of nitrogens with zero attached hydrogens (tertiary/aromatic N) is 3. The molecule has 0 aliphatic carbocycles. The molecule has 1 amide bonds. The second kappa shape index (κ2) is 8.52. The fourth-order valence-electron chi connectivity index (χ4n) is 2.44. The second-order valence-electron chi connectivity index (χ2n) is 5.57. The van der Waals surface area contributed by atoms with Gasteiger partial charge in [0.25, 0.3) is 5.56 Å². The van der Waals surface area contributed by atoms with E-state index in [2.05, 4.69) is 15.3 Å². The van der Waals surface area contributed by atoms with Gasteiger partial charge in [-0.1, -0.05) is 36.4 Å². The Labute approximate surface area is 154 Å². The summed E-state index contributed by atoms with van der Waals surface area (Å²) in [6.07, 6.45) is 5.30. The van der Waals surface area contributed by atoms with Crippen molar-refractivity contribution in [1.82, 2.24) is 14.5 Å². The summed E-state index contributed by atoms with van der Waals surface area (Å²) in [7, 11) is 0. The summed E-state index contributed by atoms with van der Waals surface area (Å²) in [5.41, 5.74) is 0.669. The molecule has 3 aromatic rings. The van der Waals surface area contributed by atoms with Crippen LogP contribution >= 0.6 is 0 Å². The number of rotatable bonds is 6. The number of anilines is 1. The van der Waals surface area contributed by atoms with Gasteiger partial charge in [0.1, 0.15) is 24.6 Å². The van der Waals surface area contributed by atoms with Crippen molar-refractivity contribution in [3.05, 3.63) is 88.9 Å². The van der Waals surface area contributed by atoms with Crippen molar-refractivity contribution >= 4 is 18.1 Å². The third-order valence-corrected chi connectivity index (χ3v) is 3.76. The topological polar surface area (TPSA) is 103 Å². The summed E-state index contributed by atoms with van der Waals surface area (Å²) >= 11 is 0. The summed E-state index contributed by atoms with van der Waals surface area (Å²) in [4.78, 5) is 44.0. The number of aldehydes is 1. The van der Waals surface area contributed by atoms with Crippen LogP contribution in [-0.4, -0.2) is 26.9 Å². The van der Waals surface area contributed by atoms with Crippen LogP contribution in [0.1, 0.15) is 17.2 Å². The molecule has 8 nitrogen and oxygen atoms in total. The first-order valence-electron chi connectivity index (χ1n) is 8.08. The molecular formula is C19H16N4O4. The molecule has 0 saturated heterocycles. The first-order chi connectivity index (χ1) is 13.2. The minimum Gasteiger partial charge on any atom is -0.444 e. The predicted molar refractivity (Wildman–Crippen MR) is 97.2 cm³/mol. The Morgan fingerprint density at radius 3 is 2.67 bits per heavy atom. The summed E-state index contributed by atoms with van der Waals surface area (Å²) < 4.78 is 6.21. The number of carbonyl (C=O) groups excluding carboxylic acids is 2. The van der Waals surface area contributed by atoms with E-state index >= 15 is 0 Å². The number of pyridine rings is 1. The van der Waals surface area contributed by atoms with Gasteiger partial charge in [-0.15, -0.1) is 0 Å². The highest BCUT2D eigenvalue weighted by molar-refractivity contribution is 5.84. The maximum Gasteiger partial charge on any atom is 0.412 e. The molecule has 1 aromatic carbocycles. The third kappa shape index (κ3) is 4.43. The van der Waals surface area contributed by atoms with Crippen molar-refractivity contribution in [2.45, 2.75) is 12.6 Å². The quantitative estimate of drug-likeness (QED) is 0.673. The molecule has 0 aliphatic heterocycles. The van der Waals surface area contributed by atoms with E-state index in [1.807, 2.05) is 30.3 Å². The maximum atomic E-state index is 12.6. The molecule has 0 spiro atoms. The van der Waals surface area contributed by atoms with Crippen LogP contribution in [0.2, 0.25) is 0 Å². The van der Waals surface area contributed by atoms with Gasteiger partial charge in [-0.05, 0) is 11.6 Å². The smallest absolute Gasteiger partial charge is 0.412 e. The highest BCUT2D eigenvalue weighted by Crippen LogP contribution is 2.13. The van der Waals surface area contributed by atoms with E-state index in [0.29, 0.717) is 11.8 Å². The highest BCUT2D eigenvalue weighted by atomic mass is 16.5. The fraction of sp³-hybridized carbons (Fsp3) is 0.105. The van der Waals surface area contributed by atoms with Crippen LogP contribution in [-0.2, 0) is 16.1 Å². The van der Waals surface area contributed by atoms with Crippen molar-refractivity contribution in [1.29, 1.82) is 0 Å². The van der Waals surface area contributed by atoms with Gasteiger partial charge in [-0.3, -0.25) is 19.7 Å². The standard InChI is InChI=1S/C19H16N4O4/c24-11-17(15-7-4-8-20-9-15)23-13-21-10-16(18(23)25)22-19(26)27-12-14-5-2-1-3-6-14/h1-11,13,17H,12H2,(H,22,26). The minimum atomic E-state index is -0.902. The predicted octanol–water partition coefficient (Wildman–Crippen LogP) is 2.18. The molecule has 0 bridgehead atoms. The summed E-state index contributed by atoms with van der Waals surface area (Å²) in [6.45, 7) is 0.0633. The molecule has 2 heterocycles. The van der Waals surface area contributed by atoms with Crippen LogP contribution < -0.4 is 10.9 Å². The van der Waals surface area contributed by atoms with E-state index in [4.69, 9.17) is 4.74 Å². The summed E-state index contributed by atoms with van der Waals surface area (Å²) in [5, 5.41) is 2.36. The average Bonchev–Trinajstić information content (AvgIpc) is 2.71. The molecule has 0 saturated carbocycles. The Hall–Kier alpha value is -3.81. The van der Waals surface area contributed by atoms with Crippen molar-refractivity contribution in [2.24, 2.45) is 0 Å². The zero-order valence-corrected chi connectivity index (χ0v) is 14.2. The molecular weight excluding hydrogens is 348 g/mol. The van der Waals surface area contributed by atoms with E-state index < -0.39 is 17.7 Å². The minimum absolute atomic E-state index is 0.0633. The van der Waals surface area contributed by atoms with Gasteiger partial charge in [0.15, 0.2) is 0 Å². The molecule has 1 atom stereocenters. The molecule has 27 heavy (non-hydrogen) atoms. The Morgan fingerprint density at radius 2 is 1.96 bits per heavy atom. The molecule has 3 rings (SSSR count). The zero-order valence-electron chi connectivity index (χ0n) is 14.2. The van der Waals surface area contributed by atoms with Gasteiger partial charge >= 0.3 is 6.09 Å². The van der Waals surface area contributed by atoms with Crippen LogP contribution in [0.15, 0.2) is 72.2 Å². The van der Waals surface area contributed by atoms with Crippen LogP contribution in [0, 0.1) is 0 Å². The Kier molecular flexibility index (Phi) is 5.68. The van der Waals surface area contributed by atoms with Gasteiger partial charge < -0.3 is 9.53 Å². The number of carbonyl (C=O) groups is 2. The van der Waals surface area contributed by atoms with E-state index in [1.165, 1.54) is 18.7 Å².